The van der Waals surface area contributed by atoms with Gasteiger partial charge in [-0.15, -0.1) is 0 Å². The van der Waals surface area contributed by atoms with Crippen molar-refractivity contribution >= 4 is 23.2 Å². The van der Waals surface area contributed by atoms with Gasteiger partial charge in [-0.2, -0.15) is 0 Å². The number of imidazole rings is 1. The molecule has 70 valence electrons. The van der Waals surface area contributed by atoms with Crippen molar-refractivity contribution < 1.29 is 9.90 Å². The van der Waals surface area contributed by atoms with E-state index >= 15 is 0 Å². The predicted octanol–water partition coefficient (Wildman–Crippen LogP) is -0.279. The van der Waals surface area contributed by atoms with Crippen molar-refractivity contribution in [1.29, 1.82) is 0 Å². The van der Waals surface area contributed by atoms with Crippen molar-refractivity contribution in [3.05, 3.63) is 30.2 Å². The maximum Gasteiger partial charge on any atom is 0.177 e. The molecular formula is C9H6N3O2-. The minimum absolute atomic E-state index is 0.607. The molecule has 0 radical (unpaired) electrons. The number of rotatable bonds is 2. The number of carbonyl (C=O) groups excluding carboxylic acids is 1. The van der Waals surface area contributed by atoms with Crippen molar-refractivity contribution in [3.8, 4) is 0 Å². The Bertz CT molecular complexity index is 501. The number of aromatic amines is 1. The predicted molar refractivity (Wildman–Crippen MR) is 47.9 cm³/mol. The molecule has 14 heavy (non-hydrogen) atoms. The number of carboxylic acids is 1. The van der Waals surface area contributed by atoms with Crippen molar-refractivity contribution in [3.63, 3.8) is 0 Å². The lowest BCUT2D eigenvalue weighted by Crippen LogP contribution is -2.18. The van der Waals surface area contributed by atoms with Gasteiger partial charge in [0.2, 0.25) is 0 Å². The molecule has 1 N–H and O–H groups in total. The summed E-state index contributed by atoms with van der Waals surface area (Å²) >= 11 is 0. The number of nitrogens with zero attached hydrogens (tertiary/aromatic N) is 2. The van der Waals surface area contributed by atoms with Gasteiger partial charge in [-0.1, -0.05) is 6.08 Å². The lowest BCUT2D eigenvalue weighted by atomic mass is 10.2. The Morgan fingerprint density at radius 2 is 2.36 bits per heavy atom. The van der Waals surface area contributed by atoms with Crippen LogP contribution in [-0.2, 0) is 4.79 Å². The quantitative estimate of drug-likeness (QED) is 0.657. The third-order valence-corrected chi connectivity index (χ3v) is 1.71. The molecule has 0 aliphatic heterocycles. The fourth-order valence-electron chi connectivity index (χ4n) is 1.10. The summed E-state index contributed by atoms with van der Waals surface area (Å²) in [5.74, 6) is -1.23. The zero-order valence-electron chi connectivity index (χ0n) is 7.10. The Balaban J connectivity index is 2.39. The summed E-state index contributed by atoms with van der Waals surface area (Å²) in [6, 6.07) is 1.76. The van der Waals surface area contributed by atoms with Gasteiger partial charge in [-0.3, -0.25) is 0 Å². The molecule has 5 nitrogen and oxygen atoms in total. The first-order valence-corrected chi connectivity index (χ1v) is 3.94. The van der Waals surface area contributed by atoms with Crippen molar-refractivity contribution in [2.45, 2.75) is 0 Å². The molecule has 2 aromatic heterocycles. The highest BCUT2D eigenvalue weighted by Crippen LogP contribution is 2.09. The normalized spacial score (nSPS) is 11.1. The zero-order valence-corrected chi connectivity index (χ0v) is 7.10. The standard InChI is InChI=1S/C9H7N3O2/c13-8(14)2-1-6-3-7-9(10-4-6)12-5-11-7/h1-5H,(H,13,14)(H,10,11,12)/p-1/b2-1+. The summed E-state index contributed by atoms with van der Waals surface area (Å²) < 4.78 is 0. The molecular weight excluding hydrogens is 182 g/mol. The van der Waals surface area contributed by atoms with Gasteiger partial charge < -0.3 is 14.9 Å². The van der Waals surface area contributed by atoms with Crippen LogP contribution in [0.5, 0.6) is 0 Å². The number of hydrogen-bond acceptors (Lipinski definition) is 4. The number of carbonyl (C=O) groups is 1. The molecule has 0 fully saturated rings. The summed E-state index contributed by atoms with van der Waals surface area (Å²) in [5.41, 5.74) is 2.06. The highest BCUT2D eigenvalue weighted by Gasteiger charge is 1.96. The number of pyridine rings is 1. The Morgan fingerprint density at radius 3 is 3.14 bits per heavy atom. The minimum Gasteiger partial charge on any atom is -0.545 e. The Labute approximate surface area is 79.1 Å². The van der Waals surface area contributed by atoms with Gasteiger partial charge in [0.15, 0.2) is 5.65 Å². The van der Waals surface area contributed by atoms with Crippen molar-refractivity contribution in [2.24, 2.45) is 0 Å². The molecule has 0 saturated carbocycles. The van der Waals surface area contributed by atoms with Crippen LogP contribution >= 0.6 is 0 Å². The minimum atomic E-state index is -1.23. The van der Waals surface area contributed by atoms with Crippen LogP contribution in [0.4, 0.5) is 0 Å². The fraction of sp³-hybridized carbons (Fsp3) is 0. The first-order chi connectivity index (χ1) is 6.75. The Morgan fingerprint density at radius 1 is 1.50 bits per heavy atom. The van der Waals surface area contributed by atoms with Gasteiger partial charge in [0.25, 0.3) is 0 Å². The van der Waals surface area contributed by atoms with E-state index in [0.29, 0.717) is 11.2 Å². The van der Waals surface area contributed by atoms with Gasteiger partial charge >= 0.3 is 0 Å². The lowest BCUT2D eigenvalue weighted by Gasteiger charge is -1.93. The molecule has 0 saturated heterocycles. The van der Waals surface area contributed by atoms with Crippen LogP contribution < -0.4 is 5.11 Å². The van der Waals surface area contributed by atoms with Crippen LogP contribution in [0.3, 0.4) is 0 Å². The molecule has 0 aliphatic carbocycles. The number of hydrogen-bond donors (Lipinski definition) is 1. The summed E-state index contributed by atoms with van der Waals surface area (Å²) in [6.07, 6.45) is 5.45. The second-order valence-corrected chi connectivity index (χ2v) is 2.69. The first kappa shape index (κ1) is 8.43. The van der Waals surface area contributed by atoms with Gasteiger partial charge in [-0.25, -0.2) is 9.97 Å². The smallest absolute Gasteiger partial charge is 0.177 e. The first-order valence-electron chi connectivity index (χ1n) is 3.94. The van der Waals surface area contributed by atoms with Crippen molar-refractivity contribution in [1.82, 2.24) is 15.0 Å². The van der Waals surface area contributed by atoms with Gasteiger partial charge in [-0.05, 0) is 17.7 Å². The largest absolute Gasteiger partial charge is 0.545 e. The lowest BCUT2D eigenvalue weighted by molar-refractivity contribution is -0.297. The summed E-state index contributed by atoms with van der Waals surface area (Å²) in [6.45, 7) is 0. The van der Waals surface area contributed by atoms with E-state index < -0.39 is 5.97 Å². The second kappa shape index (κ2) is 3.29. The van der Waals surface area contributed by atoms with Crippen LogP contribution in [0.2, 0.25) is 0 Å². The highest BCUT2D eigenvalue weighted by molar-refractivity contribution is 5.84. The topological polar surface area (TPSA) is 81.7 Å². The molecule has 0 bridgehead atoms. The molecule has 2 rings (SSSR count). The van der Waals surface area contributed by atoms with Crippen LogP contribution in [0.25, 0.3) is 17.2 Å². The molecule has 2 aromatic rings. The molecule has 0 spiro atoms. The van der Waals surface area contributed by atoms with E-state index in [4.69, 9.17) is 0 Å². The fourth-order valence-corrected chi connectivity index (χ4v) is 1.10. The Kier molecular flexibility index (Phi) is 1.98. The third-order valence-electron chi connectivity index (χ3n) is 1.71. The molecule has 0 aliphatic rings. The van der Waals surface area contributed by atoms with Gasteiger partial charge in [0.05, 0.1) is 17.8 Å². The maximum atomic E-state index is 10.1. The van der Waals surface area contributed by atoms with E-state index in [0.717, 1.165) is 11.6 Å². The number of carboxylic acid groups (broad SMARTS) is 1. The number of aliphatic carboxylic acids is 1. The number of H-pyrrole nitrogens is 1. The molecule has 2 heterocycles. The van der Waals surface area contributed by atoms with E-state index in [9.17, 15) is 9.90 Å². The summed E-state index contributed by atoms with van der Waals surface area (Å²) in [7, 11) is 0. The summed E-state index contributed by atoms with van der Waals surface area (Å²) in [5, 5.41) is 10.1. The third kappa shape index (κ3) is 1.61. The summed E-state index contributed by atoms with van der Waals surface area (Å²) in [4.78, 5) is 21.0. The van der Waals surface area contributed by atoms with Crippen LogP contribution in [-0.4, -0.2) is 20.9 Å². The van der Waals surface area contributed by atoms with Crippen LogP contribution in [0.1, 0.15) is 5.56 Å². The number of aromatic nitrogens is 3. The Hall–Kier alpha value is -2.17. The molecule has 5 heteroatoms. The average molecular weight is 188 g/mol. The molecule has 0 unspecified atom stereocenters. The van der Waals surface area contributed by atoms with Crippen LogP contribution in [0, 0.1) is 0 Å². The highest BCUT2D eigenvalue weighted by atomic mass is 16.4. The molecule has 0 amide bonds. The maximum absolute atomic E-state index is 10.1. The van der Waals surface area contributed by atoms with Crippen LogP contribution in [0.15, 0.2) is 24.7 Å². The van der Waals surface area contributed by atoms with E-state index in [-0.39, 0.29) is 0 Å². The van der Waals surface area contributed by atoms with E-state index in [1.807, 2.05) is 0 Å². The average Bonchev–Trinajstić information content (AvgIpc) is 2.61. The monoisotopic (exact) mass is 188 g/mol. The molecule has 0 atom stereocenters. The number of fused-ring (bicyclic) bond motifs is 1. The molecule has 0 aromatic carbocycles. The van der Waals surface area contributed by atoms with Crippen molar-refractivity contribution in [2.75, 3.05) is 0 Å². The number of nitrogens with one attached hydrogen (secondary N) is 1. The van der Waals surface area contributed by atoms with E-state index in [1.165, 1.54) is 12.4 Å². The van der Waals surface area contributed by atoms with Gasteiger partial charge in [0, 0.05) is 6.20 Å². The SMILES string of the molecule is O=C([O-])/C=C/c1cnc2nc[nH]c2c1. The zero-order chi connectivity index (χ0) is 9.97. The second-order valence-electron chi connectivity index (χ2n) is 2.69. The van der Waals surface area contributed by atoms with E-state index in [2.05, 4.69) is 15.0 Å². The van der Waals surface area contributed by atoms with E-state index in [1.54, 1.807) is 12.3 Å². The van der Waals surface area contributed by atoms with Gasteiger partial charge in [0.1, 0.15) is 0 Å².